The lowest BCUT2D eigenvalue weighted by Gasteiger charge is -2.02. The predicted octanol–water partition coefficient (Wildman–Crippen LogP) is 3.35. The fourth-order valence-corrected chi connectivity index (χ4v) is 2.18. The number of nitrogens with zero attached hydrogens (tertiary/aromatic N) is 1. The molecule has 4 heteroatoms. The smallest absolute Gasteiger partial charge is 0.215 e. The van der Waals surface area contributed by atoms with Gasteiger partial charge in [-0.2, -0.15) is 0 Å². The highest BCUT2D eigenvalue weighted by molar-refractivity contribution is 7.17. The number of pyridine rings is 1. The van der Waals surface area contributed by atoms with Gasteiger partial charge >= 0.3 is 0 Å². The van der Waals surface area contributed by atoms with Crippen LogP contribution in [0.1, 0.15) is 6.92 Å². The van der Waals surface area contributed by atoms with E-state index in [1.165, 1.54) is 0 Å². The molecular weight excluding hydrogens is 206 g/mol. The largest absolute Gasteiger partial charge is 0.478 e. The molecule has 0 fully saturated rings. The van der Waals surface area contributed by atoms with Crippen LogP contribution in [-0.4, -0.2) is 11.6 Å². The van der Waals surface area contributed by atoms with E-state index < -0.39 is 0 Å². The van der Waals surface area contributed by atoms with Crippen LogP contribution in [0.4, 0.5) is 0 Å². The molecule has 0 N–H and O–H groups in total. The van der Waals surface area contributed by atoms with E-state index in [9.17, 15) is 0 Å². The molecule has 0 aliphatic carbocycles. The lowest BCUT2D eigenvalue weighted by atomic mass is 10.4. The Morgan fingerprint density at radius 1 is 1.62 bits per heavy atom. The Bertz CT molecular complexity index is 426. The van der Waals surface area contributed by atoms with E-state index >= 15 is 0 Å². The highest BCUT2D eigenvalue weighted by Crippen LogP contribution is 2.30. The third-order valence-corrected chi connectivity index (χ3v) is 2.98. The molecule has 2 nitrogen and oxygen atoms in total. The van der Waals surface area contributed by atoms with E-state index in [2.05, 4.69) is 4.98 Å². The Hall–Kier alpha value is -0.800. The van der Waals surface area contributed by atoms with Crippen LogP contribution in [0.25, 0.3) is 10.2 Å². The van der Waals surface area contributed by atoms with Crippen LogP contribution < -0.4 is 4.74 Å². The van der Waals surface area contributed by atoms with Gasteiger partial charge in [-0.15, -0.1) is 11.3 Å². The second-order valence-corrected chi connectivity index (χ2v) is 3.83. The van der Waals surface area contributed by atoms with Crippen molar-refractivity contribution < 1.29 is 4.74 Å². The summed E-state index contributed by atoms with van der Waals surface area (Å²) in [6, 6.07) is 3.69. The zero-order valence-electron chi connectivity index (χ0n) is 7.08. The molecule has 0 aliphatic heterocycles. The van der Waals surface area contributed by atoms with Gasteiger partial charge in [-0.25, -0.2) is 4.98 Å². The van der Waals surface area contributed by atoms with Crippen molar-refractivity contribution in [3.63, 3.8) is 0 Å². The van der Waals surface area contributed by atoms with Crippen molar-refractivity contribution in [3.8, 4) is 5.88 Å². The Morgan fingerprint density at radius 3 is 3.23 bits per heavy atom. The average Bonchev–Trinajstić information content (AvgIpc) is 2.53. The van der Waals surface area contributed by atoms with E-state index in [1.54, 1.807) is 17.4 Å². The summed E-state index contributed by atoms with van der Waals surface area (Å²) in [5, 5.41) is 2.68. The van der Waals surface area contributed by atoms with Gasteiger partial charge in [-0.1, -0.05) is 11.6 Å². The minimum absolute atomic E-state index is 0.596. The highest BCUT2D eigenvalue weighted by atomic mass is 35.5. The summed E-state index contributed by atoms with van der Waals surface area (Å²) < 4.78 is 6.29. The molecule has 68 valence electrons. The van der Waals surface area contributed by atoms with Crippen LogP contribution in [-0.2, 0) is 0 Å². The summed E-state index contributed by atoms with van der Waals surface area (Å²) in [4.78, 5) is 4.29. The lowest BCUT2D eigenvalue weighted by Crippen LogP contribution is -1.93. The van der Waals surface area contributed by atoms with Gasteiger partial charge < -0.3 is 4.74 Å². The number of hydrogen-bond donors (Lipinski definition) is 0. The maximum Gasteiger partial charge on any atom is 0.215 e. The van der Waals surface area contributed by atoms with Crippen molar-refractivity contribution in [2.45, 2.75) is 6.92 Å². The molecule has 0 amide bonds. The van der Waals surface area contributed by atoms with Gasteiger partial charge in [-0.05, 0) is 18.4 Å². The molecule has 0 unspecified atom stereocenters. The van der Waals surface area contributed by atoms with Gasteiger partial charge in [0.05, 0.1) is 21.8 Å². The molecule has 0 aromatic carbocycles. The van der Waals surface area contributed by atoms with Gasteiger partial charge in [0, 0.05) is 6.07 Å². The second kappa shape index (κ2) is 3.52. The molecule has 0 radical (unpaired) electrons. The summed E-state index contributed by atoms with van der Waals surface area (Å²) >= 11 is 7.62. The maximum absolute atomic E-state index is 6.03. The Labute approximate surface area is 85.1 Å². The molecule has 0 bridgehead atoms. The average molecular weight is 214 g/mol. The second-order valence-electron chi connectivity index (χ2n) is 2.51. The first-order chi connectivity index (χ1) is 6.31. The minimum Gasteiger partial charge on any atom is -0.478 e. The monoisotopic (exact) mass is 213 g/mol. The zero-order chi connectivity index (χ0) is 9.26. The maximum atomic E-state index is 6.03. The van der Waals surface area contributed by atoms with E-state index in [4.69, 9.17) is 16.3 Å². The van der Waals surface area contributed by atoms with Gasteiger partial charge in [-0.3, -0.25) is 0 Å². The number of hydrogen-bond acceptors (Lipinski definition) is 3. The Balaban J connectivity index is 2.56. The van der Waals surface area contributed by atoms with Crippen molar-refractivity contribution in [1.29, 1.82) is 0 Å². The highest BCUT2D eigenvalue weighted by Gasteiger charge is 2.04. The zero-order valence-corrected chi connectivity index (χ0v) is 8.65. The molecule has 2 aromatic heterocycles. The third-order valence-electron chi connectivity index (χ3n) is 1.63. The fraction of sp³-hybridized carbons (Fsp3) is 0.222. The van der Waals surface area contributed by atoms with E-state index in [0.29, 0.717) is 17.5 Å². The quantitative estimate of drug-likeness (QED) is 0.763. The van der Waals surface area contributed by atoms with Crippen molar-refractivity contribution >= 4 is 33.2 Å². The van der Waals surface area contributed by atoms with Gasteiger partial charge in [0.1, 0.15) is 0 Å². The lowest BCUT2D eigenvalue weighted by molar-refractivity contribution is 0.328. The topological polar surface area (TPSA) is 22.1 Å². The summed E-state index contributed by atoms with van der Waals surface area (Å²) in [5.74, 6) is 0.596. The number of thiophene rings is 1. The summed E-state index contributed by atoms with van der Waals surface area (Å²) in [5.41, 5.74) is 0.904. The van der Waals surface area contributed by atoms with E-state index in [0.717, 1.165) is 10.2 Å². The number of aromatic nitrogens is 1. The van der Waals surface area contributed by atoms with Crippen molar-refractivity contribution in [2.24, 2.45) is 0 Å². The van der Waals surface area contributed by atoms with Gasteiger partial charge in [0.2, 0.25) is 5.88 Å². The van der Waals surface area contributed by atoms with E-state index in [1.807, 2.05) is 18.4 Å². The SMILES string of the molecule is CCOc1cc(Cl)c2sccc2n1. The summed E-state index contributed by atoms with van der Waals surface area (Å²) in [7, 11) is 0. The number of fused-ring (bicyclic) bond motifs is 1. The Kier molecular flexibility index (Phi) is 2.38. The molecular formula is C9H8ClNOS. The molecule has 13 heavy (non-hydrogen) atoms. The molecule has 0 atom stereocenters. The van der Waals surface area contributed by atoms with E-state index in [-0.39, 0.29) is 0 Å². The molecule has 0 aliphatic rings. The standard InChI is InChI=1S/C9H8ClNOS/c1-2-12-8-5-6(10)9-7(11-8)3-4-13-9/h3-5H,2H2,1H3. The van der Waals surface area contributed by atoms with Gasteiger partial charge in [0.25, 0.3) is 0 Å². The van der Waals surface area contributed by atoms with Crippen LogP contribution >= 0.6 is 22.9 Å². The normalized spacial score (nSPS) is 10.6. The number of halogens is 1. The molecule has 2 heterocycles. The van der Waals surface area contributed by atoms with Gasteiger partial charge in [0.15, 0.2) is 0 Å². The van der Waals surface area contributed by atoms with Crippen molar-refractivity contribution in [1.82, 2.24) is 4.98 Å². The first-order valence-electron chi connectivity index (χ1n) is 3.98. The van der Waals surface area contributed by atoms with Crippen LogP contribution in [0.5, 0.6) is 5.88 Å². The summed E-state index contributed by atoms with van der Waals surface area (Å²) in [6.07, 6.45) is 0. The first kappa shape index (κ1) is 8.78. The van der Waals surface area contributed by atoms with Crippen LogP contribution in [0.3, 0.4) is 0 Å². The van der Waals surface area contributed by atoms with Crippen molar-refractivity contribution in [3.05, 3.63) is 22.5 Å². The fourth-order valence-electron chi connectivity index (χ4n) is 1.12. The number of ether oxygens (including phenoxy) is 1. The van der Waals surface area contributed by atoms with Crippen LogP contribution in [0.15, 0.2) is 17.5 Å². The van der Waals surface area contributed by atoms with Crippen molar-refractivity contribution in [2.75, 3.05) is 6.61 Å². The summed E-state index contributed by atoms with van der Waals surface area (Å²) in [6.45, 7) is 2.53. The molecule has 2 rings (SSSR count). The first-order valence-corrected chi connectivity index (χ1v) is 5.23. The predicted molar refractivity (Wildman–Crippen MR) is 55.8 cm³/mol. The molecule has 0 spiro atoms. The molecule has 0 saturated carbocycles. The Morgan fingerprint density at radius 2 is 2.46 bits per heavy atom. The number of rotatable bonds is 2. The third kappa shape index (κ3) is 1.62. The molecule has 0 saturated heterocycles. The molecule has 2 aromatic rings. The van der Waals surface area contributed by atoms with Crippen LogP contribution in [0, 0.1) is 0 Å². The van der Waals surface area contributed by atoms with Crippen LogP contribution in [0.2, 0.25) is 5.02 Å². The minimum atomic E-state index is 0.596.